The zero-order valence-corrected chi connectivity index (χ0v) is 13.1. The molecule has 4 heteroatoms. The molecule has 0 aromatic carbocycles. The van der Waals surface area contributed by atoms with Crippen molar-refractivity contribution in [2.75, 3.05) is 13.6 Å². The predicted octanol–water partition coefficient (Wildman–Crippen LogP) is 3.61. The van der Waals surface area contributed by atoms with Crippen LogP contribution in [0, 0.1) is 5.92 Å². The summed E-state index contributed by atoms with van der Waals surface area (Å²) in [5, 5.41) is 2.98. The minimum Gasteiger partial charge on any atom is -0.338 e. The summed E-state index contributed by atoms with van der Waals surface area (Å²) >= 11 is 0. The summed E-state index contributed by atoms with van der Waals surface area (Å²) < 4.78 is 0. The van der Waals surface area contributed by atoms with Crippen LogP contribution in [0.4, 0.5) is 4.79 Å². The number of hydrogen-bond acceptors (Lipinski definition) is 2. The molecule has 1 aromatic rings. The Morgan fingerprint density at radius 2 is 1.90 bits per heavy atom. The summed E-state index contributed by atoms with van der Waals surface area (Å²) in [5.41, 5.74) is 1.09. The number of carbonyl (C=O) groups excluding carboxylic acids is 1. The second kappa shape index (κ2) is 8.56. The van der Waals surface area contributed by atoms with E-state index in [1.807, 2.05) is 26.1 Å². The van der Waals surface area contributed by atoms with Crippen LogP contribution in [0.15, 0.2) is 24.5 Å². The highest BCUT2D eigenvalue weighted by Gasteiger charge is 2.16. The number of nitrogens with zero attached hydrogens (tertiary/aromatic N) is 2. The number of hydrogen-bond donors (Lipinski definition) is 1. The van der Waals surface area contributed by atoms with Crippen LogP contribution < -0.4 is 5.32 Å². The standard InChI is InChI=1S/C16H27N3O/c1-13(2)7-5-6-10-18-16(20)19(4)14(3)15-8-11-17-12-9-15/h8-9,11-14H,5-7,10H2,1-4H3,(H,18,20)/t14-/m0/s1. The third-order valence-electron chi connectivity index (χ3n) is 3.57. The third-order valence-corrected chi connectivity index (χ3v) is 3.57. The van der Waals surface area contributed by atoms with Crippen LogP contribution in [0.2, 0.25) is 0 Å². The van der Waals surface area contributed by atoms with E-state index in [-0.39, 0.29) is 12.1 Å². The molecule has 0 aliphatic rings. The van der Waals surface area contributed by atoms with Crippen LogP contribution in [0.1, 0.15) is 51.6 Å². The van der Waals surface area contributed by atoms with Gasteiger partial charge in [-0.2, -0.15) is 0 Å². The number of unbranched alkanes of at least 4 members (excludes halogenated alkanes) is 1. The molecule has 0 spiro atoms. The number of aromatic nitrogens is 1. The van der Waals surface area contributed by atoms with Crippen molar-refractivity contribution in [3.05, 3.63) is 30.1 Å². The molecule has 1 heterocycles. The Morgan fingerprint density at radius 1 is 1.25 bits per heavy atom. The molecule has 1 atom stereocenters. The Bertz CT molecular complexity index is 392. The fourth-order valence-corrected chi connectivity index (χ4v) is 2.04. The molecule has 1 rings (SSSR count). The summed E-state index contributed by atoms with van der Waals surface area (Å²) in [7, 11) is 1.83. The molecule has 0 aliphatic heterocycles. The van der Waals surface area contributed by atoms with Gasteiger partial charge in [-0.05, 0) is 37.0 Å². The van der Waals surface area contributed by atoms with E-state index < -0.39 is 0 Å². The van der Waals surface area contributed by atoms with Crippen LogP contribution in [0.5, 0.6) is 0 Å². The van der Waals surface area contributed by atoms with Crippen LogP contribution in [-0.4, -0.2) is 29.5 Å². The van der Waals surface area contributed by atoms with Crippen molar-refractivity contribution >= 4 is 6.03 Å². The van der Waals surface area contributed by atoms with Gasteiger partial charge >= 0.3 is 6.03 Å². The minimum atomic E-state index is -0.0149. The maximum Gasteiger partial charge on any atom is 0.317 e. The van der Waals surface area contributed by atoms with Gasteiger partial charge in [-0.1, -0.05) is 26.7 Å². The largest absolute Gasteiger partial charge is 0.338 e. The van der Waals surface area contributed by atoms with Crippen LogP contribution >= 0.6 is 0 Å². The molecule has 4 nitrogen and oxygen atoms in total. The van der Waals surface area contributed by atoms with Crippen molar-refractivity contribution in [3.8, 4) is 0 Å². The Kier molecular flexibility index (Phi) is 7.05. The van der Waals surface area contributed by atoms with E-state index in [1.165, 1.54) is 12.8 Å². The highest BCUT2D eigenvalue weighted by atomic mass is 16.2. The first-order chi connectivity index (χ1) is 9.52. The van der Waals surface area contributed by atoms with Gasteiger partial charge in [0.1, 0.15) is 0 Å². The summed E-state index contributed by atoms with van der Waals surface area (Å²) in [6.07, 6.45) is 6.94. The van der Waals surface area contributed by atoms with Crippen molar-refractivity contribution in [2.45, 2.75) is 46.1 Å². The molecule has 0 bridgehead atoms. The number of rotatable bonds is 7. The SMILES string of the molecule is CC(C)CCCCNC(=O)N(C)[C@@H](C)c1ccncc1. The van der Waals surface area contributed by atoms with Gasteiger partial charge in [-0.25, -0.2) is 4.79 Å². The fourth-order valence-electron chi connectivity index (χ4n) is 2.04. The zero-order valence-electron chi connectivity index (χ0n) is 13.1. The average Bonchev–Trinajstić information content (AvgIpc) is 2.45. The molecule has 0 saturated heterocycles. The summed E-state index contributed by atoms with van der Waals surface area (Å²) in [6.45, 7) is 7.22. The first-order valence-corrected chi connectivity index (χ1v) is 7.43. The molecular weight excluding hydrogens is 250 g/mol. The third kappa shape index (κ3) is 5.59. The quantitative estimate of drug-likeness (QED) is 0.774. The predicted molar refractivity (Wildman–Crippen MR) is 82.5 cm³/mol. The van der Waals surface area contributed by atoms with Gasteiger partial charge in [0.05, 0.1) is 6.04 Å². The van der Waals surface area contributed by atoms with Crippen LogP contribution in [0.3, 0.4) is 0 Å². The maximum absolute atomic E-state index is 12.1. The number of nitrogens with one attached hydrogen (secondary N) is 1. The van der Waals surface area contributed by atoms with Gasteiger partial charge in [0.15, 0.2) is 0 Å². The monoisotopic (exact) mass is 277 g/mol. The van der Waals surface area contributed by atoms with Gasteiger partial charge in [-0.3, -0.25) is 4.98 Å². The van der Waals surface area contributed by atoms with Gasteiger partial charge < -0.3 is 10.2 Å². The lowest BCUT2D eigenvalue weighted by atomic mass is 10.1. The molecule has 0 unspecified atom stereocenters. The Hall–Kier alpha value is -1.58. The molecular formula is C16H27N3O. The van der Waals surface area contributed by atoms with Crippen LogP contribution in [0.25, 0.3) is 0 Å². The Balaban J connectivity index is 2.32. The van der Waals surface area contributed by atoms with E-state index in [9.17, 15) is 4.79 Å². The molecule has 20 heavy (non-hydrogen) atoms. The highest BCUT2D eigenvalue weighted by molar-refractivity contribution is 5.74. The number of carbonyl (C=O) groups is 1. The van der Waals surface area contributed by atoms with Crippen molar-refractivity contribution in [2.24, 2.45) is 5.92 Å². The summed E-state index contributed by atoms with van der Waals surface area (Å²) in [6, 6.07) is 3.92. The Labute approximate surface area is 122 Å². The summed E-state index contributed by atoms with van der Waals surface area (Å²) in [4.78, 5) is 17.8. The summed E-state index contributed by atoms with van der Waals surface area (Å²) in [5.74, 6) is 0.736. The van der Waals surface area contributed by atoms with Gasteiger partial charge in [-0.15, -0.1) is 0 Å². The van der Waals surface area contributed by atoms with E-state index >= 15 is 0 Å². The van der Waals surface area contributed by atoms with E-state index in [0.717, 1.165) is 24.4 Å². The lowest BCUT2D eigenvalue weighted by molar-refractivity contribution is 0.194. The van der Waals surface area contributed by atoms with E-state index in [4.69, 9.17) is 0 Å². The fraction of sp³-hybridized carbons (Fsp3) is 0.625. The highest BCUT2D eigenvalue weighted by Crippen LogP contribution is 2.17. The Morgan fingerprint density at radius 3 is 2.50 bits per heavy atom. The normalized spacial score (nSPS) is 12.2. The van der Waals surface area contributed by atoms with E-state index in [2.05, 4.69) is 24.1 Å². The molecule has 0 fully saturated rings. The average molecular weight is 277 g/mol. The van der Waals surface area contributed by atoms with Gasteiger partial charge in [0.25, 0.3) is 0 Å². The number of amides is 2. The lowest BCUT2D eigenvalue weighted by Crippen LogP contribution is -2.39. The first kappa shape index (κ1) is 16.5. The molecule has 1 N–H and O–H groups in total. The number of pyridine rings is 1. The van der Waals surface area contributed by atoms with Crippen molar-refractivity contribution in [1.29, 1.82) is 0 Å². The van der Waals surface area contributed by atoms with Gasteiger partial charge in [0, 0.05) is 26.0 Å². The van der Waals surface area contributed by atoms with Crippen molar-refractivity contribution in [3.63, 3.8) is 0 Å². The number of urea groups is 1. The lowest BCUT2D eigenvalue weighted by Gasteiger charge is -2.25. The molecule has 0 aliphatic carbocycles. The topological polar surface area (TPSA) is 45.2 Å². The molecule has 0 saturated carbocycles. The van der Waals surface area contributed by atoms with Crippen molar-refractivity contribution < 1.29 is 4.79 Å². The molecule has 112 valence electrons. The molecule has 0 radical (unpaired) electrons. The van der Waals surface area contributed by atoms with Gasteiger partial charge in [0.2, 0.25) is 0 Å². The minimum absolute atomic E-state index is 0.0149. The molecule has 1 aromatic heterocycles. The molecule has 2 amide bonds. The van der Waals surface area contributed by atoms with E-state index in [0.29, 0.717) is 0 Å². The van der Waals surface area contributed by atoms with E-state index in [1.54, 1.807) is 17.3 Å². The van der Waals surface area contributed by atoms with Crippen LogP contribution in [-0.2, 0) is 0 Å². The second-order valence-electron chi connectivity index (χ2n) is 5.69. The first-order valence-electron chi connectivity index (χ1n) is 7.43. The maximum atomic E-state index is 12.1. The smallest absolute Gasteiger partial charge is 0.317 e. The zero-order chi connectivity index (χ0) is 15.0. The second-order valence-corrected chi connectivity index (χ2v) is 5.69. The van der Waals surface area contributed by atoms with Crippen molar-refractivity contribution in [1.82, 2.24) is 15.2 Å².